The van der Waals surface area contributed by atoms with Crippen LogP contribution in [-0.4, -0.2) is 23.4 Å². The zero-order valence-electron chi connectivity index (χ0n) is 15.1. The average Bonchev–Trinajstić information content (AvgIpc) is 2.87. The maximum Gasteiger partial charge on any atom is 0.417 e. The molecule has 3 amide bonds. The van der Waals surface area contributed by atoms with Gasteiger partial charge >= 0.3 is 12.2 Å². The summed E-state index contributed by atoms with van der Waals surface area (Å²) >= 11 is 0. The first-order valence-corrected chi connectivity index (χ1v) is 8.49. The molecule has 0 aromatic heterocycles. The van der Waals surface area contributed by atoms with Crippen LogP contribution in [0.4, 0.5) is 23.7 Å². The van der Waals surface area contributed by atoms with Crippen molar-refractivity contribution >= 4 is 17.6 Å². The maximum atomic E-state index is 13.3. The van der Waals surface area contributed by atoms with Crippen LogP contribution in [0.25, 0.3) is 0 Å². The van der Waals surface area contributed by atoms with Gasteiger partial charge in [-0.3, -0.25) is 4.79 Å². The van der Waals surface area contributed by atoms with Crippen molar-refractivity contribution in [2.24, 2.45) is 0 Å². The molecule has 1 aliphatic rings. The predicted molar refractivity (Wildman–Crippen MR) is 95.2 cm³/mol. The number of anilines is 1. The monoisotopic (exact) mass is 387 g/mol. The largest absolute Gasteiger partial charge is 0.417 e. The van der Waals surface area contributed by atoms with E-state index >= 15 is 0 Å². The molecule has 1 saturated heterocycles. The molecule has 0 saturated carbocycles. The van der Waals surface area contributed by atoms with Crippen LogP contribution < -0.4 is 4.90 Å². The van der Waals surface area contributed by atoms with E-state index in [9.17, 15) is 22.8 Å². The summed E-state index contributed by atoms with van der Waals surface area (Å²) in [5.41, 5.74) is -2.78. The molecule has 0 bridgehead atoms. The van der Waals surface area contributed by atoms with E-state index in [1.54, 1.807) is 44.2 Å². The van der Waals surface area contributed by atoms with Gasteiger partial charge in [0.25, 0.3) is 5.91 Å². The molecule has 1 heterocycles. The number of nitrogens with zero attached hydrogens (tertiary/aromatic N) is 3. The Morgan fingerprint density at radius 3 is 2.29 bits per heavy atom. The Morgan fingerprint density at radius 2 is 1.75 bits per heavy atom. The van der Waals surface area contributed by atoms with Crippen LogP contribution in [0.15, 0.2) is 48.5 Å². The van der Waals surface area contributed by atoms with Gasteiger partial charge in [-0.15, -0.1) is 0 Å². The lowest BCUT2D eigenvalue weighted by Gasteiger charge is -2.31. The van der Waals surface area contributed by atoms with E-state index in [0.717, 1.165) is 11.0 Å². The van der Waals surface area contributed by atoms with Gasteiger partial charge < -0.3 is 4.90 Å². The van der Waals surface area contributed by atoms with E-state index in [2.05, 4.69) is 0 Å². The zero-order chi connectivity index (χ0) is 20.7. The minimum atomic E-state index is -4.79. The number of hydrogen-bond acceptors (Lipinski definition) is 3. The summed E-state index contributed by atoms with van der Waals surface area (Å²) in [6, 6.07) is 12.2. The van der Waals surface area contributed by atoms with Crippen LogP contribution in [0, 0.1) is 11.3 Å². The summed E-state index contributed by atoms with van der Waals surface area (Å²) in [5.74, 6) is -0.650. The quantitative estimate of drug-likeness (QED) is 0.739. The highest BCUT2D eigenvalue weighted by atomic mass is 19.4. The van der Waals surface area contributed by atoms with Gasteiger partial charge in [-0.05, 0) is 37.6 Å². The third-order valence-electron chi connectivity index (χ3n) is 4.92. The minimum Gasteiger partial charge on any atom is -0.306 e. The van der Waals surface area contributed by atoms with Crippen LogP contribution in [0.3, 0.4) is 0 Å². The number of halogens is 3. The number of urea groups is 1. The number of alkyl halides is 3. The van der Waals surface area contributed by atoms with Crippen LogP contribution >= 0.6 is 0 Å². The highest BCUT2D eigenvalue weighted by molar-refractivity contribution is 6.23. The molecule has 0 spiro atoms. The van der Waals surface area contributed by atoms with Gasteiger partial charge in [-0.2, -0.15) is 18.4 Å². The fourth-order valence-electron chi connectivity index (χ4n) is 3.46. The smallest absolute Gasteiger partial charge is 0.306 e. The third-order valence-corrected chi connectivity index (χ3v) is 4.92. The summed E-state index contributed by atoms with van der Waals surface area (Å²) in [5, 5.41) is 8.95. The van der Waals surface area contributed by atoms with E-state index in [1.807, 2.05) is 0 Å². The molecule has 0 N–H and O–H groups in total. The zero-order valence-corrected chi connectivity index (χ0v) is 15.1. The number of nitriles is 1. The first-order chi connectivity index (χ1) is 13.2. The Kier molecular flexibility index (Phi) is 4.63. The second kappa shape index (κ2) is 6.68. The van der Waals surface area contributed by atoms with Gasteiger partial charge in [0.15, 0.2) is 0 Å². The summed E-state index contributed by atoms with van der Waals surface area (Å²) in [6.07, 6.45) is -4.79. The fraction of sp³-hybridized carbons (Fsp3) is 0.250. The van der Waals surface area contributed by atoms with Crippen LogP contribution in [0.5, 0.6) is 0 Å². The Morgan fingerprint density at radius 1 is 1.11 bits per heavy atom. The fourth-order valence-corrected chi connectivity index (χ4v) is 3.46. The molecule has 8 heteroatoms. The number of amides is 3. The molecule has 2 aromatic rings. The van der Waals surface area contributed by atoms with Crippen molar-refractivity contribution in [3.8, 4) is 6.07 Å². The molecule has 28 heavy (non-hydrogen) atoms. The van der Waals surface area contributed by atoms with Crippen LogP contribution in [0.1, 0.15) is 30.5 Å². The molecule has 1 atom stereocenters. The Bertz CT molecular complexity index is 982. The van der Waals surface area contributed by atoms with E-state index < -0.39 is 34.8 Å². The van der Waals surface area contributed by atoms with Crippen LogP contribution in [0.2, 0.25) is 0 Å². The minimum absolute atomic E-state index is 0.189. The standard InChI is InChI=1S/C20H16F3N3O2/c1-3-25-18(28)26(17(27)19(25,2)14-7-5-4-6-8-14)15-10-9-13(12-24)16(11-15)20(21,22)23/h4-11H,3H2,1-2H3. The predicted octanol–water partition coefficient (Wildman–Crippen LogP) is 4.28. The molecule has 0 aliphatic carbocycles. The van der Waals surface area contributed by atoms with Gasteiger partial charge in [0, 0.05) is 6.54 Å². The average molecular weight is 387 g/mol. The van der Waals surface area contributed by atoms with E-state index in [-0.39, 0.29) is 12.2 Å². The van der Waals surface area contributed by atoms with Gasteiger partial charge in [0.1, 0.15) is 5.54 Å². The normalized spacial score (nSPS) is 19.9. The first-order valence-electron chi connectivity index (χ1n) is 8.49. The summed E-state index contributed by atoms with van der Waals surface area (Å²) in [4.78, 5) is 28.2. The Balaban J connectivity index is 2.15. The van der Waals surface area contributed by atoms with Crippen molar-refractivity contribution < 1.29 is 22.8 Å². The number of imide groups is 1. The maximum absolute atomic E-state index is 13.3. The van der Waals surface area contributed by atoms with Crippen molar-refractivity contribution in [2.75, 3.05) is 11.4 Å². The molecular weight excluding hydrogens is 371 g/mol. The summed E-state index contributed by atoms with van der Waals surface area (Å²) in [7, 11) is 0. The summed E-state index contributed by atoms with van der Waals surface area (Å²) in [6.45, 7) is 3.45. The molecular formula is C20H16F3N3O2. The Hall–Kier alpha value is -3.34. The molecule has 1 unspecified atom stereocenters. The highest BCUT2D eigenvalue weighted by Crippen LogP contribution is 2.41. The lowest BCUT2D eigenvalue weighted by Crippen LogP contribution is -2.44. The molecule has 1 aliphatic heterocycles. The number of hydrogen-bond donors (Lipinski definition) is 0. The van der Waals surface area contributed by atoms with Gasteiger partial charge in [0.05, 0.1) is 22.9 Å². The Labute approximate surface area is 159 Å². The number of rotatable bonds is 3. The molecule has 1 fully saturated rings. The molecule has 5 nitrogen and oxygen atoms in total. The third kappa shape index (κ3) is 2.80. The van der Waals surface area contributed by atoms with Crippen molar-refractivity contribution in [3.63, 3.8) is 0 Å². The van der Waals surface area contributed by atoms with Crippen molar-refractivity contribution in [2.45, 2.75) is 25.6 Å². The van der Waals surface area contributed by atoms with Crippen molar-refractivity contribution in [1.29, 1.82) is 5.26 Å². The van der Waals surface area contributed by atoms with Crippen molar-refractivity contribution in [1.82, 2.24) is 4.90 Å². The second-order valence-electron chi connectivity index (χ2n) is 6.45. The van der Waals surface area contributed by atoms with Crippen molar-refractivity contribution in [3.05, 3.63) is 65.2 Å². The molecule has 2 aromatic carbocycles. The van der Waals surface area contributed by atoms with Crippen LogP contribution in [-0.2, 0) is 16.5 Å². The van der Waals surface area contributed by atoms with E-state index in [0.29, 0.717) is 11.6 Å². The SMILES string of the molecule is CCN1C(=O)N(c2ccc(C#N)c(C(F)(F)F)c2)C(=O)C1(C)c1ccccc1. The van der Waals surface area contributed by atoms with E-state index in [1.165, 1.54) is 17.0 Å². The number of likely N-dealkylation sites (N-methyl/N-ethyl adjacent to an activating group) is 1. The molecule has 3 rings (SSSR count). The lowest BCUT2D eigenvalue weighted by molar-refractivity contribution is -0.137. The molecule has 144 valence electrons. The van der Waals surface area contributed by atoms with Gasteiger partial charge in [-0.25, -0.2) is 9.69 Å². The number of benzene rings is 2. The number of carbonyl (C=O) groups is 2. The van der Waals surface area contributed by atoms with Gasteiger partial charge in [-0.1, -0.05) is 30.3 Å². The summed E-state index contributed by atoms with van der Waals surface area (Å²) < 4.78 is 39.9. The second-order valence-corrected chi connectivity index (χ2v) is 6.45. The number of carbonyl (C=O) groups excluding carboxylic acids is 2. The highest BCUT2D eigenvalue weighted by Gasteiger charge is 2.55. The lowest BCUT2D eigenvalue weighted by atomic mass is 9.90. The van der Waals surface area contributed by atoms with Gasteiger partial charge in [0.2, 0.25) is 0 Å². The molecule has 0 radical (unpaired) electrons. The first kappa shape index (κ1) is 19.4. The van der Waals surface area contributed by atoms with E-state index in [4.69, 9.17) is 5.26 Å². The topological polar surface area (TPSA) is 64.4 Å².